The van der Waals surface area contributed by atoms with Crippen LogP contribution in [-0.4, -0.2) is 15.9 Å². The van der Waals surface area contributed by atoms with E-state index >= 15 is 0 Å². The second-order valence-corrected chi connectivity index (χ2v) is 4.47. The summed E-state index contributed by atoms with van der Waals surface area (Å²) in [6.07, 6.45) is 3.96. The van der Waals surface area contributed by atoms with Crippen molar-refractivity contribution < 1.29 is 9.53 Å². The first kappa shape index (κ1) is 13.1. The summed E-state index contributed by atoms with van der Waals surface area (Å²) in [5, 5.41) is 0.656. The zero-order valence-electron chi connectivity index (χ0n) is 8.73. The van der Waals surface area contributed by atoms with Gasteiger partial charge in [-0.05, 0) is 12.1 Å². The van der Waals surface area contributed by atoms with E-state index in [1.54, 1.807) is 0 Å². The van der Waals surface area contributed by atoms with E-state index in [2.05, 4.69) is 9.97 Å². The molecule has 2 rings (SSSR count). The third-order valence-electron chi connectivity index (χ3n) is 1.95. The lowest BCUT2D eigenvalue weighted by Crippen LogP contribution is -2.09. The Kier molecular flexibility index (Phi) is 4.01. The first-order valence-electron chi connectivity index (χ1n) is 4.69. The standard InChI is InChI=1S/C11H5Cl3N2O2/c12-7-1-8(13)10(9(14)2-7)18-11(17)6-3-15-5-16-4-6/h1-5H. The Balaban J connectivity index is 2.28. The highest BCUT2D eigenvalue weighted by Crippen LogP contribution is 2.36. The third kappa shape index (κ3) is 2.90. The molecule has 0 aliphatic heterocycles. The summed E-state index contributed by atoms with van der Waals surface area (Å²) in [7, 11) is 0. The number of hydrogen-bond acceptors (Lipinski definition) is 4. The highest BCUT2D eigenvalue weighted by Gasteiger charge is 2.15. The van der Waals surface area contributed by atoms with Crippen LogP contribution in [-0.2, 0) is 0 Å². The Hall–Kier alpha value is -1.36. The maximum atomic E-state index is 11.8. The molecule has 0 spiro atoms. The number of nitrogens with zero attached hydrogens (tertiary/aromatic N) is 2. The van der Waals surface area contributed by atoms with E-state index in [0.717, 1.165) is 0 Å². The zero-order chi connectivity index (χ0) is 13.1. The van der Waals surface area contributed by atoms with E-state index in [1.165, 1.54) is 30.9 Å². The normalized spacial score (nSPS) is 10.2. The molecule has 0 saturated carbocycles. The van der Waals surface area contributed by atoms with Gasteiger partial charge in [0, 0.05) is 17.4 Å². The van der Waals surface area contributed by atoms with Crippen LogP contribution in [0, 0.1) is 0 Å². The van der Waals surface area contributed by atoms with Gasteiger partial charge in [-0.2, -0.15) is 0 Å². The molecule has 0 aliphatic rings. The van der Waals surface area contributed by atoms with Crippen molar-refractivity contribution in [3.8, 4) is 5.75 Å². The number of carbonyl (C=O) groups is 1. The molecule has 4 nitrogen and oxygen atoms in total. The molecule has 7 heteroatoms. The van der Waals surface area contributed by atoms with E-state index in [4.69, 9.17) is 39.5 Å². The summed E-state index contributed by atoms with van der Waals surface area (Å²) >= 11 is 17.5. The van der Waals surface area contributed by atoms with E-state index in [1.807, 2.05) is 0 Å². The SMILES string of the molecule is O=C(Oc1c(Cl)cc(Cl)cc1Cl)c1cncnc1. The number of halogens is 3. The van der Waals surface area contributed by atoms with Crippen LogP contribution < -0.4 is 4.74 Å². The Bertz CT molecular complexity index is 567. The Morgan fingerprint density at radius 1 is 1.06 bits per heavy atom. The van der Waals surface area contributed by atoms with Gasteiger partial charge >= 0.3 is 5.97 Å². The highest BCUT2D eigenvalue weighted by molar-refractivity contribution is 6.40. The molecule has 0 N–H and O–H groups in total. The van der Waals surface area contributed by atoms with Gasteiger partial charge in [0.05, 0.1) is 15.6 Å². The lowest BCUT2D eigenvalue weighted by atomic mass is 10.3. The summed E-state index contributed by atoms with van der Waals surface area (Å²) in [6, 6.07) is 2.86. The number of ether oxygens (including phenoxy) is 1. The molecule has 18 heavy (non-hydrogen) atoms. The van der Waals surface area contributed by atoms with Crippen LogP contribution in [0.4, 0.5) is 0 Å². The fraction of sp³-hybridized carbons (Fsp3) is 0. The van der Waals surface area contributed by atoms with Crippen molar-refractivity contribution in [1.29, 1.82) is 0 Å². The average molecular weight is 304 g/mol. The molecule has 0 saturated heterocycles. The quantitative estimate of drug-likeness (QED) is 0.627. The molecule has 0 bridgehead atoms. The fourth-order valence-electron chi connectivity index (χ4n) is 1.18. The first-order chi connectivity index (χ1) is 8.58. The zero-order valence-corrected chi connectivity index (χ0v) is 11.0. The molecule has 0 aliphatic carbocycles. The summed E-state index contributed by atoms with van der Waals surface area (Å²) in [5.74, 6) is -0.599. The van der Waals surface area contributed by atoms with Crippen molar-refractivity contribution in [2.75, 3.05) is 0 Å². The topological polar surface area (TPSA) is 52.1 Å². The lowest BCUT2D eigenvalue weighted by molar-refractivity contribution is 0.0734. The van der Waals surface area contributed by atoms with Crippen LogP contribution in [0.3, 0.4) is 0 Å². The number of esters is 1. The minimum Gasteiger partial charge on any atom is -0.420 e. The van der Waals surface area contributed by atoms with Crippen LogP contribution in [0.15, 0.2) is 30.9 Å². The first-order valence-corrected chi connectivity index (χ1v) is 5.83. The number of carbonyl (C=O) groups excluding carboxylic acids is 1. The summed E-state index contributed by atoms with van der Waals surface area (Å²) < 4.78 is 5.08. The molecule has 0 fully saturated rings. The maximum Gasteiger partial charge on any atom is 0.346 e. The van der Waals surface area contributed by atoms with Gasteiger partial charge in [-0.15, -0.1) is 0 Å². The van der Waals surface area contributed by atoms with Crippen LogP contribution in [0.2, 0.25) is 15.1 Å². The van der Waals surface area contributed by atoms with Crippen LogP contribution in [0.1, 0.15) is 10.4 Å². The average Bonchev–Trinajstić information content (AvgIpc) is 2.34. The van der Waals surface area contributed by atoms with Crippen molar-refractivity contribution in [3.05, 3.63) is 51.5 Å². The Labute approximate surface area is 117 Å². The molecule has 0 amide bonds. The van der Waals surface area contributed by atoms with Gasteiger partial charge in [0.15, 0.2) is 5.75 Å². The van der Waals surface area contributed by atoms with Crippen LogP contribution in [0.5, 0.6) is 5.75 Å². The molecular formula is C11H5Cl3N2O2. The van der Waals surface area contributed by atoms with Gasteiger partial charge in [0.25, 0.3) is 0 Å². The predicted octanol–water partition coefficient (Wildman–Crippen LogP) is 3.66. The molecule has 0 radical (unpaired) electrons. The largest absolute Gasteiger partial charge is 0.420 e. The van der Waals surface area contributed by atoms with E-state index in [9.17, 15) is 4.79 Å². The van der Waals surface area contributed by atoms with Crippen molar-refractivity contribution in [2.24, 2.45) is 0 Å². The number of rotatable bonds is 2. The van der Waals surface area contributed by atoms with Gasteiger partial charge in [-0.1, -0.05) is 34.8 Å². The fourth-order valence-corrected chi connectivity index (χ4v) is 2.08. The molecule has 92 valence electrons. The summed E-state index contributed by atoms with van der Waals surface area (Å²) in [4.78, 5) is 19.2. The van der Waals surface area contributed by atoms with Crippen molar-refractivity contribution in [2.45, 2.75) is 0 Å². The van der Waals surface area contributed by atoms with Crippen LogP contribution in [0.25, 0.3) is 0 Å². The van der Waals surface area contributed by atoms with Crippen molar-refractivity contribution in [3.63, 3.8) is 0 Å². The van der Waals surface area contributed by atoms with E-state index < -0.39 is 5.97 Å². The summed E-state index contributed by atoms with van der Waals surface area (Å²) in [6.45, 7) is 0. The molecule has 1 heterocycles. The van der Waals surface area contributed by atoms with Gasteiger partial charge in [-0.25, -0.2) is 14.8 Å². The number of hydrogen-bond donors (Lipinski definition) is 0. The number of benzene rings is 1. The van der Waals surface area contributed by atoms with Crippen molar-refractivity contribution >= 4 is 40.8 Å². The monoisotopic (exact) mass is 302 g/mol. The Morgan fingerprint density at radius 3 is 2.17 bits per heavy atom. The van der Waals surface area contributed by atoms with Gasteiger partial charge in [0.2, 0.25) is 0 Å². The molecule has 0 unspecified atom stereocenters. The maximum absolute atomic E-state index is 11.8. The smallest absolute Gasteiger partial charge is 0.346 e. The van der Waals surface area contributed by atoms with Crippen LogP contribution >= 0.6 is 34.8 Å². The minimum atomic E-state index is -0.651. The van der Waals surface area contributed by atoms with Gasteiger partial charge in [-0.3, -0.25) is 0 Å². The molecular weight excluding hydrogens is 298 g/mol. The lowest BCUT2D eigenvalue weighted by Gasteiger charge is -2.08. The van der Waals surface area contributed by atoms with Crippen molar-refractivity contribution in [1.82, 2.24) is 9.97 Å². The second-order valence-electron chi connectivity index (χ2n) is 3.22. The van der Waals surface area contributed by atoms with E-state index in [-0.39, 0.29) is 21.4 Å². The highest BCUT2D eigenvalue weighted by atomic mass is 35.5. The second kappa shape index (κ2) is 5.52. The predicted molar refractivity (Wildman–Crippen MR) is 68.5 cm³/mol. The summed E-state index contributed by atoms with van der Waals surface area (Å²) in [5.41, 5.74) is 0.194. The van der Waals surface area contributed by atoms with Gasteiger partial charge in [0.1, 0.15) is 6.33 Å². The van der Waals surface area contributed by atoms with E-state index in [0.29, 0.717) is 5.02 Å². The van der Waals surface area contributed by atoms with Gasteiger partial charge < -0.3 is 4.74 Å². The molecule has 1 aromatic heterocycles. The Morgan fingerprint density at radius 2 is 1.61 bits per heavy atom. The molecule has 2 aromatic rings. The molecule has 0 atom stereocenters. The minimum absolute atomic E-state index is 0.0524. The number of aromatic nitrogens is 2. The molecule has 1 aromatic carbocycles. The third-order valence-corrected chi connectivity index (χ3v) is 2.73.